The first-order valence-corrected chi connectivity index (χ1v) is 9.10. The largest absolute Gasteiger partial charge is 0.476 e. The highest BCUT2D eigenvalue weighted by atomic mass is 19.4. The van der Waals surface area contributed by atoms with Crippen LogP contribution in [0.3, 0.4) is 0 Å². The highest BCUT2D eigenvalue weighted by Crippen LogP contribution is 2.30. The van der Waals surface area contributed by atoms with Crippen molar-refractivity contribution in [2.75, 3.05) is 18.5 Å². The summed E-state index contributed by atoms with van der Waals surface area (Å²) in [6.07, 6.45) is -2.92. The van der Waals surface area contributed by atoms with E-state index in [1.54, 1.807) is 19.1 Å². The van der Waals surface area contributed by atoms with Crippen LogP contribution in [-0.2, 0) is 22.3 Å². The third-order valence-electron chi connectivity index (χ3n) is 4.52. The molecular formula is C20H20F3N3O3. The van der Waals surface area contributed by atoms with E-state index in [0.29, 0.717) is 17.9 Å². The van der Waals surface area contributed by atoms with Crippen molar-refractivity contribution >= 4 is 17.5 Å². The van der Waals surface area contributed by atoms with Crippen LogP contribution in [-0.4, -0.2) is 34.8 Å². The van der Waals surface area contributed by atoms with Crippen molar-refractivity contribution in [3.8, 4) is 5.88 Å². The third kappa shape index (κ3) is 5.04. The van der Waals surface area contributed by atoms with Crippen LogP contribution >= 0.6 is 0 Å². The number of hydrogen-bond acceptors (Lipinski definition) is 4. The minimum Gasteiger partial charge on any atom is -0.476 e. The number of benzene rings is 1. The molecule has 1 saturated heterocycles. The highest BCUT2D eigenvalue weighted by molar-refractivity contribution is 5.97. The lowest BCUT2D eigenvalue weighted by atomic mass is 10.1. The normalized spacial score (nSPS) is 16.8. The Kier molecular flexibility index (Phi) is 6.05. The fourth-order valence-electron chi connectivity index (χ4n) is 3.14. The number of alkyl halides is 3. The molecule has 0 spiro atoms. The van der Waals surface area contributed by atoms with Gasteiger partial charge in [-0.3, -0.25) is 9.59 Å². The van der Waals surface area contributed by atoms with E-state index in [1.807, 2.05) is 0 Å². The van der Waals surface area contributed by atoms with Gasteiger partial charge in [0.15, 0.2) is 0 Å². The molecule has 1 aromatic carbocycles. The Morgan fingerprint density at radius 1 is 1.31 bits per heavy atom. The molecule has 0 bridgehead atoms. The fraction of sp³-hybridized carbons (Fsp3) is 0.350. The second-order valence-corrected chi connectivity index (χ2v) is 6.65. The van der Waals surface area contributed by atoms with Crippen LogP contribution in [0, 0.1) is 5.92 Å². The topological polar surface area (TPSA) is 71.5 Å². The molecule has 1 atom stereocenters. The predicted molar refractivity (Wildman–Crippen MR) is 99.0 cm³/mol. The number of rotatable bonds is 6. The zero-order valence-corrected chi connectivity index (χ0v) is 15.7. The summed E-state index contributed by atoms with van der Waals surface area (Å²) in [5.41, 5.74) is -0.000720. The Labute approximate surface area is 165 Å². The molecule has 154 valence electrons. The molecule has 2 aromatic rings. The molecular weight excluding hydrogens is 387 g/mol. The van der Waals surface area contributed by atoms with Crippen molar-refractivity contribution in [2.24, 2.45) is 5.92 Å². The summed E-state index contributed by atoms with van der Waals surface area (Å²) in [4.78, 5) is 30.3. The standard InChI is InChI=1S/C20H20F3N3O3/c1-2-29-19-16(7-4-8-24-19)25-18(28)14-10-17(27)26(12-14)11-13-5-3-6-15(9-13)20(21,22)23/h3-9,14H,2,10-12H2,1H3,(H,25,28). The number of nitrogens with one attached hydrogen (secondary N) is 1. The van der Waals surface area contributed by atoms with E-state index in [2.05, 4.69) is 10.3 Å². The molecule has 6 nitrogen and oxygen atoms in total. The zero-order valence-electron chi connectivity index (χ0n) is 15.7. The maximum Gasteiger partial charge on any atom is 0.416 e. The Hall–Kier alpha value is -3.10. The molecule has 1 aromatic heterocycles. The number of amides is 2. The lowest BCUT2D eigenvalue weighted by Crippen LogP contribution is -2.28. The fourth-order valence-corrected chi connectivity index (χ4v) is 3.14. The molecule has 2 heterocycles. The number of ether oxygens (including phenoxy) is 1. The summed E-state index contributed by atoms with van der Waals surface area (Å²) < 4.78 is 44.0. The summed E-state index contributed by atoms with van der Waals surface area (Å²) in [6.45, 7) is 2.32. The maximum atomic E-state index is 12.9. The Morgan fingerprint density at radius 3 is 2.83 bits per heavy atom. The van der Waals surface area contributed by atoms with Crippen LogP contribution in [0.2, 0.25) is 0 Å². The number of halogens is 3. The first kappa shape index (κ1) is 20.6. The minimum absolute atomic E-state index is 0.00494. The summed E-state index contributed by atoms with van der Waals surface area (Å²) >= 11 is 0. The second kappa shape index (κ2) is 8.50. The van der Waals surface area contributed by atoms with Gasteiger partial charge >= 0.3 is 6.18 Å². The number of likely N-dealkylation sites (tertiary alicyclic amines) is 1. The smallest absolute Gasteiger partial charge is 0.416 e. The zero-order chi connectivity index (χ0) is 21.0. The quantitative estimate of drug-likeness (QED) is 0.796. The minimum atomic E-state index is -4.45. The van der Waals surface area contributed by atoms with Gasteiger partial charge in [0.1, 0.15) is 5.69 Å². The molecule has 1 aliphatic heterocycles. The van der Waals surface area contributed by atoms with Gasteiger partial charge in [-0.15, -0.1) is 0 Å². The van der Waals surface area contributed by atoms with Crippen molar-refractivity contribution in [2.45, 2.75) is 26.1 Å². The van der Waals surface area contributed by atoms with E-state index in [-0.39, 0.29) is 37.2 Å². The Balaban J connectivity index is 1.65. The van der Waals surface area contributed by atoms with Crippen LogP contribution in [0.25, 0.3) is 0 Å². The Morgan fingerprint density at radius 2 is 2.10 bits per heavy atom. The van der Waals surface area contributed by atoms with Gasteiger partial charge in [0.05, 0.1) is 18.1 Å². The van der Waals surface area contributed by atoms with Gasteiger partial charge in [-0.2, -0.15) is 13.2 Å². The number of anilines is 1. The average Bonchev–Trinajstić information content (AvgIpc) is 3.04. The van der Waals surface area contributed by atoms with E-state index < -0.39 is 17.7 Å². The molecule has 0 saturated carbocycles. The molecule has 9 heteroatoms. The summed E-state index contributed by atoms with van der Waals surface area (Å²) in [5, 5.41) is 2.72. The second-order valence-electron chi connectivity index (χ2n) is 6.65. The van der Waals surface area contributed by atoms with Gasteiger partial charge < -0.3 is 15.0 Å². The number of carbonyl (C=O) groups excluding carboxylic acids is 2. The summed E-state index contributed by atoms with van der Waals surface area (Å²) in [5.74, 6) is -0.964. The monoisotopic (exact) mass is 407 g/mol. The van der Waals surface area contributed by atoms with Crippen LogP contribution in [0.5, 0.6) is 5.88 Å². The van der Waals surface area contributed by atoms with E-state index >= 15 is 0 Å². The molecule has 3 rings (SSSR count). The van der Waals surface area contributed by atoms with Gasteiger partial charge in [0, 0.05) is 25.7 Å². The van der Waals surface area contributed by atoms with Gasteiger partial charge in [-0.1, -0.05) is 12.1 Å². The molecule has 0 radical (unpaired) electrons. The lowest BCUT2D eigenvalue weighted by Gasteiger charge is -2.18. The SMILES string of the molecule is CCOc1ncccc1NC(=O)C1CC(=O)N(Cc2cccc(C(F)(F)F)c2)C1. The average molecular weight is 407 g/mol. The van der Waals surface area contributed by atoms with Crippen LogP contribution in [0.4, 0.5) is 18.9 Å². The Bertz CT molecular complexity index is 902. The van der Waals surface area contributed by atoms with Crippen molar-refractivity contribution in [3.63, 3.8) is 0 Å². The van der Waals surface area contributed by atoms with Gasteiger partial charge in [0.2, 0.25) is 17.7 Å². The molecule has 1 N–H and O–H groups in total. The number of aromatic nitrogens is 1. The van der Waals surface area contributed by atoms with Crippen LogP contribution in [0.1, 0.15) is 24.5 Å². The predicted octanol–water partition coefficient (Wildman–Crippen LogP) is 3.49. The molecule has 29 heavy (non-hydrogen) atoms. The van der Waals surface area contributed by atoms with Gasteiger partial charge in [0.25, 0.3) is 0 Å². The molecule has 1 unspecified atom stereocenters. The van der Waals surface area contributed by atoms with Gasteiger partial charge in [-0.25, -0.2) is 4.98 Å². The van der Waals surface area contributed by atoms with Crippen LogP contribution in [0.15, 0.2) is 42.6 Å². The summed E-state index contributed by atoms with van der Waals surface area (Å²) in [7, 11) is 0. The van der Waals surface area contributed by atoms with E-state index in [9.17, 15) is 22.8 Å². The van der Waals surface area contributed by atoms with E-state index in [4.69, 9.17) is 4.74 Å². The maximum absolute atomic E-state index is 12.9. The van der Waals surface area contributed by atoms with Crippen molar-refractivity contribution in [3.05, 3.63) is 53.7 Å². The third-order valence-corrected chi connectivity index (χ3v) is 4.52. The van der Waals surface area contributed by atoms with Crippen molar-refractivity contribution in [1.29, 1.82) is 0 Å². The number of carbonyl (C=O) groups is 2. The lowest BCUT2D eigenvalue weighted by molar-refractivity contribution is -0.137. The molecule has 2 amide bonds. The summed E-state index contributed by atoms with van der Waals surface area (Å²) in [6, 6.07) is 8.13. The van der Waals surface area contributed by atoms with Gasteiger partial charge in [-0.05, 0) is 36.8 Å². The van der Waals surface area contributed by atoms with Crippen molar-refractivity contribution in [1.82, 2.24) is 9.88 Å². The van der Waals surface area contributed by atoms with Crippen LogP contribution < -0.4 is 10.1 Å². The highest BCUT2D eigenvalue weighted by Gasteiger charge is 2.35. The molecule has 1 fully saturated rings. The van der Waals surface area contributed by atoms with E-state index in [1.165, 1.54) is 23.2 Å². The number of nitrogens with zero attached hydrogens (tertiary/aromatic N) is 2. The van der Waals surface area contributed by atoms with E-state index in [0.717, 1.165) is 12.1 Å². The molecule has 1 aliphatic rings. The molecule has 0 aliphatic carbocycles. The van der Waals surface area contributed by atoms with Crippen molar-refractivity contribution < 1.29 is 27.5 Å². The first-order valence-electron chi connectivity index (χ1n) is 9.10. The number of hydrogen-bond donors (Lipinski definition) is 1. The first-order chi connectivity index (χ1) is 13.8. The number of pyridine rings is 1.